The predicted octanol–water partition coefficient (Wildman–Crippen LogP) is 2.52. The molecule has 1 amide bonds. The van der Waals surface area contributed by atoms with Crippen molar-refractivity contribution in [3.8, 4) is 11.5 Å². The molecule has 34 heavy (non-hydrogen) atoms. The summed E-state index contributed by atoms with van der Waals surface area (Å²) < 4.78 is 17.1. The Kier molecular flexibility index (Phi) is 6.78. The molecular weight excluding hydrogens is 432 g/mol. The predicted molar refractivity (Wildman–Crippen MR) is 133 cm³/mol. The van der Waals surface area contributed by atoms with Crippen molar-refractivity contribution in [2.24, 2.45) is 5.92 Å². The number of morpholine rings is 1. The van der Waals surface area contributed by atoms with Crippen molar-refractivity contribution >= 4 is 23.0 Å². The van der Waals surface area contributed by atoms with Gasteiger partial charge in [-0.2, -0.15) is 0 Å². The number of rotatable bonds is 5. The number of benzene rings is 2. The Morgan fingerprint density at radius 2 is 1.91 bits per heavy atom. The summed E-state index contributed by atoms with van der Waals surface area (Å²) in [6, 6.07) is 12.5. The van der Waals surface area contributed by atoms with Gasteiger partial charge in [-0.05, 0) is 49.7 Å². The SMILES string of the molecule is COc1ccc(N2CCNCC2C)c2c1OCC(C(=O)Nc1ccc(N3CCOCC3)cc1)C2. The largest absolute Gasteiger partial charge is 0.493 e. The minimum Gasteiger partial charge on any atom is -0.493 e. The fourth-order valence-electron chi connectivity index (χ4n) is 5.06. The summed E-state index contributed by atoms with van der Waals surface area (Å²) in [6.45, 7) is 8.64. The zero-order valence-corrected chi connectivity index (χ0v) is 20.0. The Morgan fingerprint density at radius 1 is 1.12 bits per heavy atom. The van der Waals surface area contributed by atoms with Gasteiger partial charge in [-0.25, -0.2) is 0 Å². The van der Waals surface area contributed by atoms with Crippen molar-refractivity contribution in [3.05, 3.63) is 42.0 Å². The number of methoxy groups -OCH3 is 1. The molecule has 3 aliphatic rings. The van der Waals surface area contributed by atoms with Crippen molar-refractivity contribution in [1.29, 1.82) is 0 Å². The highest BCUT2D eigenvalue weighted by molar-refractivity contribution is 5.93. The van der Waals surface area contributed by atoms with E-state index in [1.807, 2.05) is 18.2 Å². The standard InChI is InChI=1S/C26H34N4O4/c1-18-16-27-9-10-30(18)23-7-8-24(32-2)25-22(23)15-19(17-34-25)26(31)28-20-3-5-21(6-4-20)29-11-13-33-14-12-29/h3-8,18-19,27H,9-17H2,1-2H3,(H,28,31). The highest BCUT2D eigenvalue weighted by atomic mass is 16.5. The minimum atomic E-state index is -0.268. The number of carbonyl (C=O) groups excluding carboxylic acids is 1. The van der Waals surface area contributed by atoms with Gasteiger partial charge in [0.2, 0.25) is 5.91 Å². The summed E-state index contributed by atoms with van der Waals surface area (Å²) in [7, 11) is 1.66. The molecule has 2 aromatic carbocycles. The molecule has 5 rings (SSSR count). The van der Waals surface area contributed by atoms with Crippen molar-refractivity contribution in [2.75, 3.05) is 74.8 Å². The number of nitrogens with one attached hydrogen (secondary N) is 2. The van der Waals surface area contributed by atoms with E-state index in [9.17, 15) is 4.79 Å². The topological polar surface area (TPSA) is 75.3 Å². The first-order valence-electron chi connectivity index (χ1n) is 12.2. The van der Waals surface area contributed by atoms with E-state index in [0.717, 1.165) is 80.1 Å². The Labute approximate surface area is 201 Å². The maximum Gasteiger partial charge on any atom is 0.231 e. The van der Waals surface area contributed by atoms with Crippen LogP contribution >= 0.6 is 0 Å². The van der Waals surface area contributed by atoms with Crippen LogP contribution in [0.15, 0.2) is 36.4 Å². The maximum atomic E-state index is 13.2. The van der Waals surface area contributed by atoms with E-state index in [4.69, 9.17) is 14.2 Å². The van der Waals surface area contributed by atoms with E-state index in [1.54, 1.807) is 7.11 Å². The number of piperazine rings is 1. The normalized spacial score (nSPS) is 22.5. The van der Waals surface area contributed by atoms with Gasteiger partial charge in [-0.3, -0.25) is 4.79 Å². The molecule has 3 heterocycles. The van der Waals surface area contributed by atoms with Gasteiger partial charge in [0, 0.05) is 61.4 Å². The molecule has 2 N–H and O–H groups in total. The van der Waals surface area contributed by atoms with Crippen LogP contribution in [0.3, 0.4) is 0 Å². The molecule has 0 aromatic heterocycles. The summed E-state index contributed by atoms with van der Waals surface area (Å²) >= 11 is 0. The van der Waals surface area contributed by atoms with E-state index in [0.29, 0.717) is 19.1 Å². The Bertz CT molecular complexity index is 1010. The average Bonchev–Trinajstić information content (AvgIpc) is 2.89. The number of ether oxygens (including phenoxy) is 3. The second kappa shape index (κ2) is 10.1. The smallest absolute Gasteiger partial charge is 0.231 e. The third-order valence-corrected chi connectivity index (χ3v) is 6.99. The molecule has 3 aliphatic heterocycles. The maximum absolute atomic E-state index is 13.2. The molecule has 8 nitrogen and oxygen atoms in total. The van der Waals surface area contributed by atoms with Crippen LogP contribution in [0.1, 0.15) is 12.5 Å². The van der Waals surface area contributed by atoms with Crippen molar-refractivity contribution in [2.45, 2.75) is 19.4 Å². The highest BCUT2D eigenvalue weighted by Crippen LogP contribution is 2.43. The molecule has 0 radical (unpaired) electrons. The number of hydrogen-bond acceptors (Lipinski definition) is 7. The molecular formula is C26H34N4O4. The Morgan fingerprint density at radius 3 is 2.65 bits per heavy atom. The lowest BCUT2D eigenvalue weighted by atomic mass is 9.93. The van der Waals surface area contributed by atoms with Crippen LogP contribution in [0, 0.1) is 5.92 Å². The van der Waals surface area contributed by atoms with Gasteiger partial charge >= 0.3 is 0 Å². The van der Waals surface area contributed by atoms with E-state index in [1.165, 1.54) is 0 Å². The van der Waals surface area contributed by atoms with E-state index >= 15 is 0 Å². The van der Waals surface area contributed by atoms with E-state index in [-0.39, 0.29) is 11.8 Å². The third-order valence-electron chi connectivity index (χ3n) is 6.99. The second-order valence-electron chi connectivity index (χ2n) is 9.19. The van der Waals surface area contributed by atoms with Crippen LogP contribution in [0.5, 0.6) is 11.5 Å². The lowest BCUT2D eigenvalue weighted by molar-refractivity contribution is -0.121. The molecule has 2 aromatic rings. The summed E-state index contributed by atoms with van der Waals surface area (Å²) in [6.07, 6.45) is 0.621. The van der Waals surface area contributed by atoms with Gasteiger partial charge in [0.25, 0.3) is 0 Å². The molecule has 8 heteroatoms. The van der Waals surface area contributed by atoms with Crippen LogP contribution in [0.4, 0.5) is 17.1 Å². The first kappa shape index (κ1) is 22.8. The fourth-order valence-corrected chi connectivity index (χ4v) is 5.06. The molecule has 2 fully saturated rings. The van der Waals surface area contributed by atoms with Crippen LogP contribution in [-0.4, -0.2) is 71.6 Å². The van der Waals surface area contributed by atoms with Gasteiger partial charge in [-0.1, -0.05) is 0 Å². The lowest BCUT2D eigenvalue weighted by Crippen LogP contribution is -2.50. The molecule has 2 atom stereocenters. The summed E-state index contributed by atoms with van der Waals surface area (Å²) in [5, 5.41) is 6.54. The zero-order valence-electron chi connectivity index (χ0n) is 20.0. The Balaban J connectivity index is 1.31. The van der Waals surface area contributed by atoms with Crippen LogP contribution in [0.2, 0.25) is 0 Å². The summed E-state index contributed by atoms with van der Waals surface area (Å²) in [4.78, 5) is 17.9. The first-order chi connectivity index (χ1) is 16.6. The van der Waals surface area contributed by atoms with E-state index in [2.05, 4.69) is 45.6 Å². The number of fused-ring (bicyclic) bond motifs is 1. The van der Waals surface area contributed by atoms with Crippen molar-refractivity contribution in [3.63, 3.8) is 0 Å². The van der Waals surface area contributed by atoms with Crippen LogP contribution < -0.4 is 29.9 Å². The first-order valence-corrected chi connectivity index (χ1v) is 12.2. The average molecular weight is 467 g/mol. The van der Waals surface area contributed by atoms with Crippen molar-refractivity contribution < 1.29 is 19.0 Å². The van der Waals surface area contributed by atoms with Gasteiger partial charge in [0.05, 0.1) is 26.2 Å². The molecule has 182 valence electrons. The molecule has 2 unspecified atom stereocenters. The zero-order chi connectivity index (χ0) is 23.5. The number of hydrogen-bond donors (Lipinski definition) is 2. The molecule has 0 spiro atoms. The van der Waals surface area contributed by atoms with E-state index < -0.39 is 0 Å². The van der Waals surface area contributed by atoms with Gasteiger partial charge in [0.15, 0.2) is 11.5 Å². The van der Waals surface area contributed by atoms with Crippen molar-refractivity contribution in [1.82, 2.24) is 5.32 Å². The number of anilines is 3. The number of nitrogens with zero attached hydrogens (tertiary/aromatic N) is 2. The quantitative estimate of drug-likeness (QED) is 0.701. The second-order valence-corrected chi connectivity index (χ2v) is 9.19. The summed E-state index contributed by atoms with van der Waals surface area (Å²) in [5.74, 6) is 1.20. The van der Waals surface area contributed by atoms with Crippen LogP contribution in [-0.2, 0) is 16.0 Å². The van der Waals surface area contributed by atoms with Crippen LogP contribution in [0.25, 0.3) is 0 Å². The highest BCUT2D eigenvalue weighted by Gasteiger charge is 2.32. The fraction of sp³-hybridized carbons (Fsp3) is 0.500. The van der Waals surface area contributed by atoms with Gasteiger partial charge in [-0.15, -0.1) is 0 Å². The lowest BCUT2D eigenvalue weighted by Gasteiger charge is -2.39. The van der Waals surface area contributed by atoms with Gasteiger partial charge in [0.1, 0.15) is 6.61 Å². The molecule has 0 saturated carbocycles. The monoisotopic (exact) mass is 466 g/mol. The summed E-state index contributed by atoms with van der Waals surface area (Å²) in [5.41, 5.74) is 4.15. The third kappa shape index (κ3) is 4.65. The molecule has 2 saturated heterocycles. The molecule has 0 aliphatic carbocycles. The Hall–Kier alpha value is -2.97. The number of amides is 1. The number of carbonyl (C=O) groups is 1. The molecule has 0 bridgehead atoms. The van der Waals surface area contributed by atoms with Gasteiger partial charge < -0.3 is 34.6 Å². The minimum absolute atomic E-state index is 0.0214.